The topological polar surface area (TPSA) is 74.8 Å². The van der Waals surface area contributed by atoms with E-state index < -0.39 is 0 Å². The first-order valence-electron chi connectivity index (χ1n) is 10.2. The largest absolute Gasteiger partial charge is 0.378 e. The van der Waals surface area contributed by atoms with E-state index in [2.05, 4.69) is 27.9 Å². The van der Waals surface area contributed by atoms with Gasteiger partial charge in [0.2, 0.25) is 0 Å². The van der Waals surface area contributed by atoms with Gasteiger partial charge in [0, 0.05) is 38.9 Å². The number of carbonyl (C=O) groups excluding carboxylic acids is 1. The van der Waals surface area contributed by atoms with E-state index in [9.17, 15) is 4.79 Å². The van der Waals surface area contributed by atoms with E-state index in [1.807, 2.05) is 24.3 Å². The Bertz CT molecular complexity index is 604. The van der Waals surface area contributed by atoms with Crippen molar-refractivity contribution < 1.29 is 9.53 Å². The minimum absolute atomic E-state index is 0. The minimum Gasteiger partial charge on any atom is -0.378 e. The van der Waals surface area contributed by atoms with Gasteiger partial charge in [-0.05, 0) is 50.3 Å². The quantitative estimate of drug-likeness (QED) is 0.199. The van der Waals surface area contributed by atoms with Gasteiger partial charge in [-0.25, -0.2) is 0 Å². The minimum atomic E-state index is -0.0560. The van der Waals surface area contributed by atoms with Crippen LogP contribution in [-0.4, -0.2) is 51.3 Å². The molecule has 2 rings (SSSR count). The van der Waals surface area contributed by atoms with E-state index in [4.69, 9.17) is 4.74 Å². The van der Waals surface area contributed by atoms with Crippen LogP contribution < -0.4 is 16.0 Å². The molecule has 158 valence electrons. The summed E-state index contributed by atoms with van der Waals surface area (Å²) in [6.45, 7) is 5.21. The molecule has 0 spiro atoms. The van der Waals surface area contributed by atoms with E-state index in [0.29, 0.717) is 11.7 Å². The van der Waals surface area contributed by atoms with Crippen LogP contribution in [0.5, 0.6) is 0 Å². The van der Waals surface area contributed by atoms with E-state index >= 15 is 0 Å². The molecule has 0 saturated heterocycles. The molecule has 1 aromatic rings. The summed E-state index contributed by atoms with van der Waals surface area (Å²) in [6.07, 6.45) is 7.31. The SMILES string of the molecule is CCNC(=NCCCOC1CCCC1)NCCc1cccc(C(=O)NC)c1.I. The maximum atomic E-state index is 11.7. The zero-order valence-electron chi connectivity index (χ0n) is 17.1. The molecule has 3 N–H and O–H groups in total. The third kappa shape index (κ3) is 9.23. The van der Waals surface area contributed by atoms with Crippen molar-refractivity contribution in [1.29, 1.82) is 0 Å². The van der Waals surface area contributed by atoms with Gasteiger partial charge in [-0.3, -0.25) is 9.79 Å². The first-order chi connectivity index (χ1) is 13.2. The molecule has 28 heavy (non-hydrogen) atoms. The number of guanidine groups is 1. The zero-order chi connectivity index (χ0) is 19.3. The van der Waals surface area contributed by atoms with Crippen molar-refractivity contribution in [3.05, 3.63) is 35.4 Å². The number of benzene rings is 1. The standard InChI is InChI=1S/C21H34N4O2.HI/c1-3-23-21(24-13-7-15-27-19-10-4-5-11-19)25-14-12-17-8-6-9-18(16-17)20(26)22-2;/h6,8-9,16,19H,3-5,7,10-15H2,1-2H3,(H,22,26)(H2,23,24,25);1H. The molecule has 1 aliphatic carbocycles. The van der Waals surface area contributed by atoms with Crippen LogP contribution in [0, 0.1) is 0 Å². The zero-order valence-corrected chi connectivity index (χ0v) is 19.5. The van der Waals surface area contributed by atoms with Crippen molar-refractivity contribution in [3.8, 4) is 0 Å². The highest BCUT2D eigenvalue weighted by atomic mass is 127. The van der Waals surface area contributed by atoms with Crippen LogP contribution in [-0.2, 0) is 11.2 Å². The summed E-state index contributed by atoms with van der Waals surface area (Å²) >= 11 is 0. The first-order valence-corrected chi connectivity index (χ1v) is 10.2. The highest BCUT2D eigenvalue weighted by Crippen LogP contribution is 2.20. The highest BCUT2D eigenvalue weighted by Gasteiger charge is 2.14. The number of carbonyl (C=O) groups is 1. The van der Waals surface area contributed by atoms with Gasteiger partial charge >= 0.3 is 0 Å². The third-order valence-electron chi connectivity index (χ3n) is 4.69. The second-order valence-corrected chi connectivity index (χ2v) is 6.85. The fourth-order valence-electron chi connectivity index (χ4n) is 3.24. The molecule has 1 fully saturated rings. The molecule has 0 atom stereocenters. The van der Waals surface area contributed by atoms with E-state index in [0.717, 1.165) is 50.6 Å². The van der Waals surface area contributed by atoms with Crippen LogP contribution in [0.4, 0.5) is 0 Å². The Labute approximate surface area is 186 Å². The average Bonchev–Trinajstić information content (AvgIpc) is 3.21. The molecule has 1 amide bonds. The summed E-state index contributed by atoms with van der Waals surface area (Å²) in [7, 11) is 1.65. The monoisotopic (exact) mass is 502 g/mol. The van der Waals surface area contributed by atoms with Gasteiger partial charge in [-0.1, -0.05) is 25.0 Å². The molecule has 0 aromatic heterocycles. The Morgan fingerprint density at radius 3 is 2.75 bits per heavy atom. The molecule has 0 bridgehead atoms. The molecule has 7 heteroatoms. The average molecular weight is 502 g/mol. The van der Waals surface area contributed by atoms with Crippen LogP contribution >= 0.6 is 24.0 Å². The molecule has 0 aliphatic heterocycles. The molecule has 0 radical (unpaired) electrons. The van der Waals surface area contributed by atoms with Crippen LogP contribution in [0.15, 0.2) is 29.3 Å². The molecule has 1 saturated carbocycles. The summed E-state index contributed by atoms with van der Waals surface area (Å²) in [5.41, 5.74) is 1.82. The number of aliphatic imine (C=N–C) groups is 1. The van der Waals surface area contributed by atoms with Gasteiger partial charge in [0.15, 0.2) is 5.96 Å². The molecular formula is C21H35IN4O2. The van der Waals surface area contributed by atoms with Gasteiger partial charge in [0.05, 0.1) is 6.10 Å². The molecule has 6 nitrogen and oxygen atoms in total. The first kappa shape index (κ1) is 24.7. The Kier molecular flexibility index (Phi) is 12.9. The summed E-state index contributed by atoms with van der Waals surface area (Å²) in [6, 6.07) is 7.72. The Morgan fingerprint density at radius 2 is 2.04 bits per heavy atom. The lowest BCUT2D eigenvalue weighted by molar-refractivity contribution is 0.0579. The number of hydrogen-bond acceptors (Lipinski definition) is 3. The molecule has 1 aromatic carbocycles. The van der Waals surface area contributed by atoms with Crippen molar-refractivity contribution in [1.82, 2.24) is 16.0 Å². The highest BCUT2D eigenvalue weighted by molar-refractivity contribution is 14.0. The summed E-state index contributed by atoms with van der Waals surface area (Å²) in [4.78, 5) is 16.3. The predicted molar refractivity (Wildman–Crippen MR) is 126 cm³/mol. The molecular weight excluding hydrogens is 467 g/mol. The Hall–Kier alpha value is -1.35. The van der Waals surface area contributed by atoms with E-state index in [-0.39, 0.29) is 29.9 Å². The van der Waals surface area contributed by atoms with Gasteiger partial charge in [-0.2, -0.15) is 0 Å². The van der Waals surface area contributed by atoms with Crippen molar-refractivity contribution in [3.63, 3.8) is 0 Å². The Balaban J connectivity index is 0.00000392. The molecule has 1 aliphatic rings. The maximum Gasteiger partial charge on any atom is 0.251 e. The summed E-state index contributed by atoms with van der Waals surface area (Å²) in [5.74, 6) is 0.778. The lowest BCUT2D eigenvalue weighted by Gasteiger charge is -2.12. The second-order valence-electron chi connectivity index (χ2n) is 6.85. The fourth-order valence-corrected chi connectivity index (χ4v) is 3.24. The number of hydrogen-bond donors (Lipinski definition) is 3. The Morgan fingerprint density at radius 1 is 1.25 bits per heavy atom. The number of rotatable bonds is 10. The second kappa shape index (κ2) is 14.6. The number of ether oxygens (including phenoxy) is 1. The fraction of sp³-hybridized carbons (Fsp3) is 0.619. The van der Waals surface area contributed by atoms with Crippen molar-refractivity contribution in [2.45, 2.75) is 51.6 Å². The molecule has 0 heterocycles. The van der Waals surface area contributed by atoms with Crippen molar-refractivity contribution in [2.75, 3.05) is 33.3 Å². The van der Waals surface area contributed by atoms with Gasteiger partial charge in [0.25, 0.3) is 5.91 Å². The lowest BCUT2D eigenvalue weighted by Crippen LogP contribution is -2.38. The van der Waals surface area contributed by atoms with Gasteiger partial charge in [0.1, 0.15) is 0 Å². The van der Waals surface area contributed by atoms with Crippen LogP contribution in [0.1, 0.15) is 54.9 Å². The lowest BCUT2D eigenvalue weighted by atomic mass is 10.1. The smallest absolute Gasteiger partial charge is 0.251 e. The van der Waals surface area contributed by atoms with Gasteiger partial charge in [-0.15, -0.1) is 24.0 Å². The van der Waals surface area contributed by atoms with Gasteiger partial charge < -0.3 is 20.7 Å². The number of halogens is 1. The third-order valence-corrected chi connectivity index (χ3v) is 4.69. The summed E-state index contributed by atoms with van der Waals surface area (Å²) in [5, 5.41) is 9.29. The number of nitrogens with zero attached hydrogens (tertiary/aromatic N) is 1. The molecule has 0 unspecified atom stereocenters. The predicted octanol–water partition coefficient (Wildman–Crippen LogP) is 3.11. The van der Waals surface area contributed by atoms with Crippen LogP contribution in [0.25, 0.3) is 0 Å². The van der Waals surface area contributed by atoms with Crippen LogP contribution in [0.3, 0.4) is 0 Å². The van der Waals surface area contributed by atoms with E-state index in [1.165, 1.54) is 25.7 Å². The van der Waals surface area contributed by atoms with Crippen molar-refractivity contribution in [2.24, 2.45) is 4.99 Å². The van der Waals surface area contributed by atoms with E-state index in [1.54, 1.807) is 7.05 Å². The normalized spacial score (nSPS) is 14.4. The summed E-state index contributed by atoms with van der Waals surface area (Å²) < 4.78 is 5.88. The maximum absolute atomic E-state index is 11.7. The number of amides is 1. The number of nitrogens with one attached hydrogen (secondary N) is 3. The van der Waals surface area contributed by atoms with Crippen molar-refractivity contribution >= 4 is 35.8 Å². The van der Waals surface area contributed by atoms with Crippen LogP contribution in [0.2, 0.25) is 0 Å².